The number of methoxy groups -OCH3 is 1. The van der Waals surface area contributed by atoms with Crippen molar-refractivity contribution in [1.82, 2.24) is 19.9 Å². The fourth-order valence-corrected chi connectivity index (χ4v) is 4.07. The summed E-state index contributed by atoms with van der Waals surface area (Å²) in [6.45, 7) is 3.43. The maximum Gasteiger partial charge on any atom is 0.134 e. The van der Waals surface area contributed by atoms with Gasteiger partial charge in [0.15, 0.2) is 0 Å². The molecule has 2 heterocycles. The van der Waals surface area contributed by atoms with E-state index in [1.54, 1.807) is 7.11 Å². The molecule has 4 rings (SSSR count). The number of rotatable bonds is 9. The number of hydrogen-bond acceptors (Lipinski definition) is 5. The van der Waals surface area contributed by atoms with Crippen molar-refractivity contribution in [2.24, 2.45) is 0 Å². The van der Waals surface area contributed by atoms with Crippen LogP contribution in [0.5, 0.6) is 11.5 Å². The Hall–Kier alpha value is -2.86. The maximum absolute atomic E-state index is 5.77. The van der Waals surface area contributed by atoms with E-state index < -0.39 is 0 Å². The Kier molecular flexibility index (Phi) is 6.98. The highest BCUT2D eigenvalue weighted by Gasteiger charge is 2.22. The number of aryl methyl sites for hydroxylation is 1. The quantitative estimate of drug-likeness (QED) is 0.530. The van der Waals surface area contributed by atoms with Gasteiger partial charge < -0.3 is 9.47 Å². The second-order valence-electron chi connectivity index (χ2n) is 7.83. The van der Waals surface area contributed by atoms with Crippen molar-refractivity contribution in [2.45, 2.75) is 51.4 Å². The van der Waals surface area contributed by atoms with Crippen LogP contribution in [0.2, 0.25) is 0 Å². The average molecular weight is 407 g/mol. The van der Waals surface area contributed by atoms with Crippen molar-refractivity contribution in [1.29, 1.82) is 0 Å². The predicted octanol–water partition coefficient (Wildman–Crippen LogP) is 4.31. The third-order valence-corrected chi connectivity index (χ3v) is 5.68. The van der Waals surface area contributed by atoms with Crippen LogP contribution in [-0.4, -0.2) is 39.6 Å². The summed E-state index contributed by atoms with van der Waals surface area (Å²) in [5.74, 6) is 1.77. The topological polar surface area (TPSA) is 52.4 Å². The van der Waals surface area contributed by atoms with Crippen LogP contribution in [0.4, 0.5) is 0 Å². The van der Waals surface area contributed by atoms with E-state index in [4.69, 9.17) is 9.47 Å². The van der Waals surface area contributed by atoms with Gasteiger partial charge in [0, 0.05) is 19.1 Å². The van der Waals surface area contributed by atoms with Crippen LogP contribution in [0.15, 0.2) is 60.8 Å². The number of piperidine rings is 1. The van der Waals surface area contributed by atoms with Crippen LogP contribution in [0, 0.1) is 0 Å². The molecule has 1 aliphatic rings. The van der Waals surface area contributed by atoms with Gasteiger partial charge in [0.25, 0.3) is 0 Å². The number of para-hydroxylation sites is 1. The predicted molar refractivity (Wildman–Crippen MR) is 116 cm³/mol. The Morgan fingerprint density at radius 1 is 1.03 bits per heavy atom. The Morgan fingerprint density at radius 2 is 1.90 bits per heavy atom. The number of aromatic nitrogens is 3. The van der Waals surface area contributed by atoms with Gasteiger partial charge in [-0.3, -0.25) is 9.58 Å². The molecule has 158 valence electrons. The molecule has 0 spiro atoms. The molecule has 1 aromatic heterocycles. The average Bonchev–Trinajstić information content (AvgIpc) is 3.26. The molecular formula is C24H30N4O2. The highest BCUT2D eigenvalue weighted by molar-refractivity contribution is 5.28. The van der Waals surface area contributed by atoms with Crippen LogP contribution in [0.3, 0.4) is 0 Å². The zero-order valence-electron chi connectivity index (χ0n) is 17.6. The highest BCUT2D eigenvalue weighted by Crippen LogP contribution is 2.24. The molecule has 0 N–H and O–H groups in total. The number of likely N-dealkylation sites (tertiary alicyclic amines) is 1. The summed E-state index contributed by atoms with van der Waals surface area (Å²) >= 11 is 0. The van der Waals surface area contributed by atoms with Crippen LogP contribution >= 0.6 is 0 Å². The van der Waals surface area contributed by atoms with Gasteiger partial charge in [-0.2, -0.15) is 0 Å². The molecule has 2 aromatic carbocycles. The summed E-state index contributed by atoms with van der Waals surface area (Å²) < 4.78 is 13.1. The molecule has 0 saturated carbocycles. The van der Waals surface area contributed by atoms with E-state index in [9.17, 15) is 0 Å². The second kappa shape index (κ2) is 10.3. The summed E-state index contributed by atoms with van der Waals surface area (Å²) in [7, 11) is 1.72. The van der Waals surface area contributed by atoms with E-state index in [2.05, 4.69) is 33.4 Å². The van der Waals surface area contributed by atoms with E-state index in [0.29, 0.717) is 12.6 Å². The minimum Gasteiger partial charge on any atom is -0.497 e. The van der Waals surface area contributed by atoms with Crippen LogP contribution in [0.1, 0.15) is 36.9 Å². The molecule has 0 bridgehead atoms. The lowest BCUT2D eigenvalue weighted by Crippen LogP contribution is -2.39. The summed E-state index contributed by atoms with van der Waals surface area (Å²) in [4.78, 5) is 2.61. The first-order chi connectivity index (χ1) is 14.8. The first-order valence-electron chi connectivity index (χ1n) is 10.7. The molecule has 6 nitrogen and oxygen atoms in total. The smallest absolute Gasteiger partial charge is 0.134 e. The van der Waals surface area contributed by atoms with Crippen LogP contribution < -0.4 is 9.47 Å². The highest BCUT2D eigenvalue weighted by atomic mass is 16.5. The van der Waals surface area contributed by atoms with Gasteiger partial charge in [-0.15, -0.1) is 5.10 Å². The molecule has 1 aliphatic heterocycles. The van der Waals surface area contributed by atoms with Gasteiger partial charge >= 0.3 is 0 Å². The van der Waals surface area contributed by atoms with Crippen molar-refractivity contribution >= 4 is 0 Å². The van der Waals surface area contributed by atoms with Gasteiger partial charge in [0.1, 0.15) is 23.8 Å². The fourth-order valence-electron chi connectivity index (χ4n) is 4.07. The first-order valence-corrected chi connectivity index (χ1v) is 10.7. The van der Waals surface area contributed by atoms with Crippen molar-refractivity contribution in [3.63, 3.8) is 0 Å². The Morgan fingerprint density at radius 3 is 2.77 bits per heavy atom. The molecule has 3 aromatic rings. The molecule has 1 unspecified atom stereocenters. The van der Waals surface area contributed by atoms with Gasteiger partial charge in [0.05, 0.1) is 13.3 Å². The standard InChI is InChI=1S/C24H30N4O2/c1-29-24-12-7-8-20(16-24)17-27-14-6-5-9-22(27)13-15-28-18-21(25-26-28)19-30-23-10-3-2-4-11-23/h2-4,7-8,10-12,16,18,22H,5-6,9,13-15,17,19H2,1H3. The molecular weight excluding hydrogens is 376 g/mol. The number of ether oxygens (including phenoxy) is 2. The van der Waals surface area contributed by atoms with Crippen molar-refractivity contribution in [3.8, 4) is 11.5 Å². The summed E-state index contributed by atoms with van der Waals surface area (Å²) in [6, 6.07) is 18.8. The first kappa shape index (κ1) is 20.4. The Bertz CT molecular complexity index is 912. The molecule has 1 saturated heterocycles. The lowest BCUT2D eigenvalue weighted by Gasteiger charge is -2.36. The third-order valence-electron chi connectivity index (χ3n) is 5.68. The number of nitrogens with zero attached hydrogens (tertiary/aromatic N) is 4. The van der Waals surface area contributed by atoms with Crippen molar-refractivity contribution in [3.05, 3.63) is 72.1 Å². The molecule has 6 heteroatoms. The largest absolute Gasteiger partial charge is 0.497 e. The minimum atomic E-state index is 0.440. The number of hydrogen-bond donors (Lipinski definition) is 0. The normalized spacial score (nSPS) is 17.0. The molecule has 30 heavy (non-hydrogen) atoms. The molecule has 0 amide bonds. The molecule has 0 radical (unpaired) electrons. The fraction of sp³-hybridized carbons (Fsp3) is 0.417. The van der Waals surface area contributed by atoms with Crippen molar-refractivity contribution < 1.29 is 9.47 Å². The van der Waals surface area contributed by atoms with Gasteiger partial charge in [-0.05, 0) is 55.6 Å². The maximum atomic E-state index is 5.77. The van der Waals surface area contributed by atoms with Gasteiger partial charge in [-0.1, -0.05) is 42.0 Å². The zero-order valence-corrected chi connectivity index (χ0v) is 17.6. The monoisotopic (exact) mass is 406 g/mol. The molecule has 1 atom stereocenters. The summed E-state index contributed by atoms with van der Waals surface area (Å²) in [5.41, 5.74) is 2.16. The van der Waals surface area contributed by atoms with Crippen LogP contribution in [-0.2, 0) is 19.7 Å². The Labute approximate surface area is 178 Å². The lowest BCUT2D eigenvalue weighted by atomic mass is 9.98. The van der Waals surface area contributed by atoms with E-state index in [0.717, 1.165) is 43.2 Å². The SMILES string of the molecule is COc1cccc(CN2CCCCC2CCn2cc(COc3ccccc3)nn2)c1. The third kappa shape index (κ3) is 5.60. The lowest BCUT2D eigenvalue weighted by molar-refractivity contribution is 0.127. The minimum absolute atomic E-state index is 0.440. The van der Waals surface area contributed by atoms with E-state index >= 15 is 0 Å². The van der Waals surface area contributed by atoms with E-state index in [1.807, 2.05) is 47.3 Å². The second-order valence-corrected chi connectivity index (χ2v) is 7.83. The van der Waals surface area contributed by atoms with Crippen LogP contribution in [0.25, 0.3) is 0 Å². The van der Waals surface area contributed by atoms with E-state index in [-0.39, 0.29) is 0 Å². The summed E-state index contributed by atoms with van der Waals surface area (Å²) in [6.07, 6.45) is 6.88. The summed E-state index contributed by atoms with van der Waals surface area (Å²) in [5, 5.41) is 8.56. The van der Waals surface area contributed by atoms with Gasteiger partial charge in [-0.25, -0.2) is 0 Å². The molecule has 0 aliphatic carbocycles. The molecule has 1 fully saturated rings. The van der Waals surface area contributed by atoms with Crippen molar-refractivity contribution in [2.75, 3.05) is 13.7 Å². The van der Waals surface area contributed by atoms with Gasteiger partial charge in [0.2, 0.25) is 0 Å². The Balaban J connectivity index is 1.30. The zero-order chi connectivity index (χ0) is 20.6. The van der Waals surface area contributed by atoms with E-state index in [1.165, 1.54) is 24.8 Å². The number of benzene rings is 2.